The SMILES string of the molecule is CC(CCNC(C)(C)C)c1c(Cl)cnn1C(C)C. The van der Waals surface area contributed by atoms with Crippen LogP contribution < -0.4 is 5.32 Å². The molecule has 0 bridgehead atoms. The summed E-state index contributed by atoms with van der Waals surface area (Å²) in [7, 11) is 0. The van der Waals surface area contributed by atoms with Crippen molar-refractivity contribution in [2.45, 2.75) is 65.5 Å². The van der Waals surface area contributed by atoms with Gasteiger partial charge in [0.2, 0.25) is 0 Å². The van der Waals surface area contributed by atoms with E-state index in [2.05, 4.69) is 52.0 Å². The highest BCUT2D eigenvalue weighted by molar-refractivity contribution is 6.31. The third kappa shape index (κ3) is 4.29. The summed E-state index contributed by atoms with van der Waals surface area (Å²) in [4.78, 5) is 0. The second-order valence-electron chi connectivity index (χ2n) is 6.28. The highest BCUT2D eigenvalue weighted by Gasteiger charge is 2.18. The van der Waals surface area contributed by atoms with Gasteiger partial charge in [0.15, 0.2) is 0 Å². The molecule has 1 heterocycles. The molecule has 0 aliphatic rings. The zero-order valence-corrected chi connectivity index (χ0v) is 13.2. The van der Waals surface area contributed by atoms with E-state index < -0.39 is 0 Å². The fraction of sp³-hybridized carbons (Fsp3) is 0.786. The zero-order chi connectivity index (χ0) is 13.9. The molecule has 4 heteroatoms. The minimum Gasteiger partial charge on any atom is -0.312 e. The van der Waals surface area contributed by atoms with E-state index in [1.54, 1.807) is 6.20 Å². The first-order valence-electron chi connectivity index (χ1n) is 6.70. The van der Waals surface area contributed by atoms with Crippen molar-refractivity contribution < 1.29 is 0 Å². The van der Waals surface area contributed by atoms with Crippen LogP contribution in [0.15, 0.2) is 6.20 Å². The van der Waals surface area contributed by atoms with Crippen molar-refractivity contribution in [1.82, 2.24) is 15.1 Å². The Morgan fingerprint density at radius 1 is 1.33 bits per heavy atom. The molecule has 0 saturated carbocycles. The van der Waals surface area contributed by atoms with Crippen molar-refractivity contribution in [3.63, 3.8) is 0 Å². The van der Waals surface area contributed by atoms with Gasteiger partial charge in [-0.25, -0.2) is 0 Å². The lowest BCUT2D eigenvalue weighted by Crippen LogP contribution is -2.36. The predicted molar refractivity (Wildman–Crippen MR) is 78.4 cm³/mol. The van der Waals surface area contributed by atoms with E-state index in [-0.39, 0.29) is 5.54 Å². The van der Waals surface area contributed by atoms with Gasteiger partial charge in [-0.15, -0.1) is 0 Å². The monoisotopic (exact) mass is 271 g/mol. The lowest BCUT2D eigenvalue weighted by molar-refractivity contribution is 0.405. The summed E-state index contributed by atoms with van der Waals surface area (Å²) in [6, 6.07) is 0.352. The molecule has 104 valence electrons. The van der Waals surface area contributed by atoms with Crippen molar-refractivity contribution in [3.05, 3.63) is 16.9 Å². The number of hydrogen-bond acceptors (Lipinski definition) is 2. The highest BCUT2D eigenvalue weighted by Crippen LogP contribution is 2.28. The third-order valence-electron chi connectivity index (χ3n) is 2.98. The van der Waals surface area contributed by atoms with Crippen LogP contribution >= 0.6 is 11.6 Å². The van der Waals surface area contributed by atoms with Crippen LogP contribution in [0, 0.1) is 0 Å². The van der Waals surface area contributed by atoms with E-state index in [4.69, 9.17) is 11.6 Å². The Kier molecular flexibility index (Phi) is 5.23. The van der Waals surface area contributed by atoms with Crippen LogP contribution in [0.25, 0.3) is 0 Å². The maximum atomic E-state index is 6.25. The Morgan fingerprint density at radius 3 is 2.44 bits per heavy atom. The van der Waals surface area contributed by atoms with Crippen LogP contribution in [0.2, 0.25) is 5.02 Å². The van der Waals surface area contributed by atoms with Crippen molar-refractivity contribution in [2.24, 2.45) is 0 Å². The molecule has 0 aliphatic heterocycles. The first-order chi connectivity index (χ1) is 8.22. The second-order valence-corrected chi connectivity index (χ2v) is 6.69. The van der Waals surface area contributed by atoms with E-state index in [0.29, 0.717) is 12.0 Å². The number of rotatable bonds is 5. The third-order valence-corrected chi connectivity index (χ3v) is 3.27. The Labute approximate surface area is 116 Å². The second kappa shape index (κ2) is 6.07. The van der Waals surface area contributed by atoms with Gasteiger partial charge in [-0.05, 0) is 47.6 Å². The molecule has 0 amide bonds. The van der Waals surface area contributed by atoms with Gasteiger partial charge in [-0.2, -0.15) is 5.10 Å². The molecule has 1 unspecified atom stereocenters. The van der Waals surface area contributed by atoms with E-state index >= 15 is 0 Å². The summed E-state index contributed by atoms with van der Waals surface area (Å²) in [6.45, 7) is 14.0. The maximum absolute atomic E-state index is 6.25. The van der Waals surface area contributed by atoms with Gasteiger partial charge in [0.25, 0.3) is 0 Å². The Bertz CT molecular complexity index is 377. The first-order valence-corrected chi connectivity index (χ1v) is 7.08. The minimum atomic E-state index is 0.168. The van der Waals surface area contributed by atoms with Crippen LogP contribution in [0.3, 0.4) is 0 Å². The summed E-state index contributed by atoms with van der Waals surface area (Å²) < 4.78 is 2.03. The van der Waals surface area contributed by atoms with Crippen LogP contribution in [0.4, 0.5) is 0 Å². The molecular weight excluding hydrogens is 246 g/mol. The highest BCUT2D eigenvalue weighted by atomic mass is 35.5. The molecule has 1 atom stereocenters. The molecule has 0 spiro atoms. The van der Waals surface area contributed by atoms with Crippen molar-refractivity contribution in [1.29, 1.82) is 0 Å². The van der Waals surface area contributed by atoms with Gasteiger partial charge < -0.3 is 5.32 Å². The molecule has 0 aromatic carbocycles. The molecule has 18 heavy (non-hydrogen) atoms. The van der Waals surface area contributed by atoms with Gasteiger partial charge in [0.05, 0.1) is 16.9 Å². The average Bonchev–Trinajstić information content (AvgIpc) is 2.58. The molecule has 1 rings (SSSR count). The molecule has 1 aromatic heterocycles. The fourth-order valence-corrected chi connectivity index (χ4v) is 2.34. The first kappa shape index (κ1) is 15.5. The Morgan fingerprint density at radius 2 is 1.94 bits per heavy atom. The molecular formula is C14H26ClN3. The predicted octanol–water partition coefficient (Wildman–Crippen LogP) is 4.00. The lowest BCUT2D eigenvalue weighted by atomic mass is 10.0. The van der Waals surface area contributed by atoms with Gasteiger partial charge in [0.1, 0.15) is 0 Å². The molecule has 0 radical (unpaired) electrons. The van der Waals surface area contributed by atoms with Crippen LogP contribution in [0.5, 0.6) is 0 Å². The van der Waals surface area contributed by atoms with Crippen molar-refractivity contribution in [2.75, 3.05) is 6.54 Å². The molecule has 0 aliphatic carbocycles. The van der Waals surface area contributed by atoms with Crippen molar-refractivity contribution in [3.8, 4) is 0 Å². The van der Waals surface area contributed by atoms with E-state index in [9.17, 15) is 0 Å². The standard InChI is InChI=1S/C14H26ClN3/c1-10(2)18-13(12(15)9-17-18)11(3)7-8-16-14(4,5)6/h9-11,16H,7-8H2,1-6H3. The largest absolute Gasteiger partial charge is 0.312 e. The van der Waals surface area contributed by atoms with Gasteiger partial charge in [-0.1, -0.05) is 18.5 Å². The van der Waals surface area contributed by atoms with Gasteiger partial charge in [-0.3, -0.25) is 4.68 Å². The van der Waals surface area contributed by atoms with E-state index in [1.807, 2.05) is 4.68 Å². The maximum Gasteiger partial charge on any atom is 0.0820 e. The summed E-state index contributed by atoms with van der Waals surface area (Å²) in [5, 5.41) is 8.65. The number of hydrogen-bond donors (Lipinski definition) is 1. The number of aromatic nitrogens is 2. The molecule has 1 aromatic rings. The molecule has 0 saturated heterocycles. The topological polar surface area (TPSA) is 29.9 Å². The van der Waals surface area contributed by atoms with Crippen LogP contribution in [-0.2, 0) is 0 Å². The number of nitrogens with zero attached hydrogens (tertiary/aromatic N) is 2. The van der Waals surface area contributed by atoms with Crippen molar-refractivity contribution >= 4 is 11.6 Å². The summed E-state index contributed by atoms with van der Waals surface area (Å²) in [5.41, 5.74) is 1.32. The average molecular weight is 272 g/mol. The quantitative estimate of drug-likeness (QED) is 0.877. The van der Waals surface area contributed by atoms with Crippen LogP contribution in [-0.4, -0.2) is 21.9 Å². The summed E-state index contributed by atoms with van der Waals surface area (Å²) in [5.74, 6) is 0.414. The van der Waals surface area contributed by atoms with Crippen LogP contribution in [0.1, 0.15) is 65.6 Å². The van der Waals surface area contributed by atoms with E-state index in [1.165, 1.54) is 0 Å². The number of halogens is 1. The molecule has 1 N–H and O–H groups in total. The number of nitrogens with one attached hydrogen (secondary N) is 1. The zero-order valence-electron chi connectivity index (χ0n) is 12.4. The smallest absolute Gasteiger partial charge is 0.0820 e. The van der Waals surface area contributed by atoms with E-state index in [0.717, 1.165) is 23.7 Å². The summed E-state index contributed by atoms with van der Waals surface area (Å²) >= 11 is 6.25. The van der Waals surface area contributed by atoms with Gasteiger partial charge in [0, 0.05) is 17.5 Å². The Balaban J connectivity index is 2.66. The Hall–Kier alpha value is -0.540. The minimum absolute atomic E-state index is 0.168. The molecule has 0 fully saturated rings. The molecule has 3 nitrogen and oxygen atoms in total. The lowest BCUT2D eigenvalue weighted by Gasteiger charge is -2.23. The normalized spacial score (nSPS) is 14.2. The summed E-state index contributed by atoms with van der Waals surface area (Å²) in [6.07, 6.45) is 2.82. The fourth-order valence-electron chi connectivity index (χ4n) is 2.02. The van der Waals surface area contributed by atoms with Gasteiger partial charge >= 0.3 is 0 Å².